The zero-order valence-electron chi connectivity index (χ0n) is 12.5. The first kappa shape index (κ1) is 14.8. The fraction of sp³-hybridized carbons (Fsp3) is 0.933. The smallest absolute Gasteiger partial charge is 0.222 e. The Hall–Kier alpha value is -0.610. The van der Waals surface area contributed by atoms with Crippen molar-refractivity contribution in [1.82, 2.24) is 15.1 Å². The molecular formula is C15H29N3O. The lowest BCUT2D eigenvalue weighted by atomic mass is 9.94. The van der Waals surface area contributed by atoms with Gasteiger partial charge >= 0.3 is 0 Å². The van der Waals surface area contributed by atoms with Gasteiger partial charge in [-0.3, -0.25) is 4.79 Å². The molecule has 19 heavy (non-hydrogen) atoms. The molecule has 1 amide bonds. The van der Waals surface area contributed by atoms with Crippen LogP contribution in [0.3, 0.4) is 0 Å². The zero-order chi connectivity index (χ0) is 13.7. The molecule has 0 spiro atoms. The van der Waals surface area contributed by atoms with Gasteiger partial charge in [0.25, 0.3) is 0 Å². The highest BCUT2D eigenvalue weighted by Crippen LogP contribution is 2.16. The lowest BCUT2D eigenvalue weighted by Crippen LogP contribution is -2.48. The summed E-state index contributed by atoms with van der Waals surface area (Å²) in [6.07, 6.45) is 4.17. The maximum absolute atomic E-state index is 11.5. The van der Waals surface area contributed by atoms with Crippen LogP contribution in [0.25, 0.3) is 0 Å². The molecule has 2 heterocycles. The zero-order valence-corrected chi connectivity index (χ0v) is 12.5. The third-order valence-corrected chi connectivity index (χ3v) is 4.62. The minimum atomic E-state index is 0.352. The van der Waals surface area contributed by atoms with Crippen molar-refractivity contribution in [1.29, 1.82) is 0 Å². The molecule has 4 heteroatoms. The van der Waals surface area contributed by atoms with Crippen LogP contribution < -0.4 is 5.32 Å². The highest BCUT2D eigenvalue weighted by Gasteiger charge is 2.24. The molecule has 2 fully saturated rings. The lowest BCUT2D eigenvalue weighted by Gasteiger charge is -2.37. The molecule has 0 unspecified atom stereocenters. The predicted molar refractivity (Wildman–Crippen MR) is 78.1 cm³/mol. The van der Waals surface area contributed by atoms with Crippen LogP contribution in [0.5, 0.6) is 0 Å². The molecular weight excluding hydrogens is 238 g/mol. The number of amides is 1. The maximum atomic E-state index is 11.5. The van der Waals surface area contributed by atoms with Crippen LogP contribution in [-0.2, 0) is 4.79 Å². The van der Waals surface area contributed by atoms with Crippen molar-refractivity contribution in [2.75, 3.05) is 39.3 Å². The minimum Gasteiger partial charge on any atom is -0.343 e. The van der Waals surface area contributed by atoms with Gasteiger partial charge in [-0.15, -0.1) is 0 Å². The number of likely N-dealkylation sites (tertiary alicyclic amines) is 2. The van der Waals surface area contributed by atoms with E-state index in [1.165, 1.54) is 26.1 Å². The molecule has 2 saturated heterocycles. The van der Waals surface area contributed by atoms with Crippen LogP contribution in [0.15, 0.2) is 0 Å². The van der Waals surface area contributed by atoms with E-state index in [2.05, 4.69) is 24.1 Å². The monoisotopic (exact) mass is 267 g/mol. The van der Waals surface area contributed by atoms with E-state index in [0.29, 0.717) is 11.9 Å². The van der Waals surface area contributed by atoms with Crippen LogP contribution in [0, 0.1) is 5.92 Å². The number of piperidine rings is 1. The van der Waals surface area contributed by atoms with Crippen molar-refractivity contribution in [2.45, 2.75) is 45.6 Å². The molecule has 2 atom stereocenters. The van der Waals surface area contributed by atoms with Crippen LogP contribution in [-0.4, -0.2) is 61.0 Å². The van der Waals surface area contributed by atoms with Gasteiger partial charge in [0, 0.05) is 32.1 Å². The van der Waals surface area contributed by atoms with E-state index >= 15 is 0 Å². The van der Waals surface area contributed by atoms with E-state index in [1.807, 2.05) is 4.90 Å². The Labute approximate surface area is 117 Å². The lowest BCUT2D eigenvalue weighted by molar-refractivity contribution is -0.127. The number of carbonyl (C=O) groups excluding carboxylic acids is 1. The van der Waals surface area contributed by atoms with Crippen LogP contribution >= 0.6 is 0 Å². The summed E-state index contributed by atoms with van der Waals surface area (Å²) in [7, 11) is 0. The van der Waals surface area contributed by atoms with E-state index in [1.54, 1.807) is 0 Å². The topological polar surface area (TPSA) is 35.6 Å². The minimum absolute atomic E-state index is 0.352. The third kappa shape index (κ3) is 4.18. The second-order valence-corrected chi connectivity index (χ2v) is 6.06. The fourth-order valence-electron chi connectivity index (χ4n) is 3.32. The molecule has 0 aliphatic carbocycles. The predicted octanol–water partition coefficient (Wildman–Crippen LogP) is 1.32. The number of rotatable bonds is 6. The van der Waals surface area contributed by atoms with Gasteiger partial charge < -0.3 is 15.1 Å². The van der Waals surface area contributed by atoms with Crippen molar-refractivity contribution in [3.05, 3.63) is 0 Å². The Bertz CT molecular complexity index is 295. The Morgan fingerprint density at radius 1 is 1.37 bits per heavy atom. The molecule has 2 aliphatic heterocycles. The number of nitrogens with zero attached hydrogens (tertiary/aromatic N) is 2. The number of hydrogen-bond acceptors (Lipinski definition) is 3. The summed E-state index contributed by atoms with van der Waals surface area (Å²) in [5.74, 6) is 1.09. The maximum Gasteiger partial charge on any atom is 0.222 e. The first-order valence-electron chi connectivity index (χ1n) is 7.94. The Morgan fingerprint density at radius 3 is 2.84 bits per heavy atom. The number of hydrogen-bond donors (Lipinski definition) is 1. The summed E-state index contributed by atoms with van der Waals surface area (Å²) in [6.45, 7) is 11.2. The van der Waals surface area contributed by atoms with Gasteiger partial charge in [0.05, 0.1) is 0 Å². The van der Waals surface area contributed by atoms with Crippen LogP contribution in [0.1, 0.15) is 39.5 Å². The van der Waals surface area contributed by atoms with Gasteiger partial charge in [0.15, 0.2) is 0 Å². The van der Waals surface area contributed by atoms with Gasteiger partial charge in [-0.2, -0.15) is 0 Å². The average molecular weight is 267 g/mol. The Kier molecular flexibility index (Phi) is 5.64. The van der Waals surface area contributed by atoms with Gasteiger partial charge in [-0.25, -0.2) is 0 Å². The molecule has 2 aliphatic rings. The van der Waals surface area contributed by atoms with Crippen molar-refractivity contribution < 1.29 is 4.79 Å². The first-order valence-corrected chi connectivity index (χ1v) is 7.94. The van der Waals surface area contributed by atoms with Crippen LogP contribution in [0.4, 0.5) is 0 Å². The standard InChI is InChI=1S/C15H29N3O/c1-3-17-11-7-14(13(2)12-17)16-8-5-10-18-9-4-6-15(18)19/h13-14,16H,3-12H2,1-2H3/t13-,14+/m0/s1. The molecule has 1 N–H and O–H groups in total. The van der Waals surface area contributed by atoms with Crippen molar-refractivity contribution in [3.63, 3.8) is 0 Å². The summed E-state index contributed by atoms with van der Waals surface area (Å²) >= 11 is 0. The second kappa shape index (κ2) is 7.25. The molecule has 0 aromatic rings. The van der Waals surface area contributed by atoms with Crippen molar-refractivity contribution in [3.8, 4) is 0 Å². The molecule has 0 aromatic heterocycles. The largest absolute Gasteiger partial charge is 0.343 e. The van der Waals surface area contributed by atoms with E-state index < -0.39 is 0 Å². The highest BCUT2D eigenvalue weighted by molar-refractivity contribution is 5.77. The summed E-state index contributed by atoms with van der Waals surface area (Å²) < 4.78 is 0. The van der Waals surface area contributed by atoms with Gasteiger partial charge in [-0.05, 0) is 44.8 Å². The quantitative estimate of drug-likeness (QED) is 0.737. The normalized spacial score (nSPS) is 29.2. The third-order valence-electron chi connectivity index (χ3n) is 4.62. The second-order valence-electron chi connectivity index (χ2n) is 6.06. The SMILES string of the molecule is CCN1CC[C@@H](NCCCN2CCCC2=O)[C@@H](C)C1. The Morgan fingerprint density at radius 2 is 2.21 bits per heavy atom. The average Bonchev–Trinajstić information content (AvgIpc) is 2.81. The van der Waals surface area contributed by atoms with E-state index in [0.717, 1.165) is 44.8 Å². The molecule has 2 rings (SSSR count). The molecule has 110 valence electrons. The van der Waals surface area contributed by atoms with E-state index in [-0.39, 0.29) is 0 Å². The van der Waals surface area contributed by atoms with E-state index in [4.69, 9.17) is 0 Å². The van der Waals surface area contributed by atoms with Gasteiger partial charge in [0.2, 0.25) is 5.91 Å². The number of nitrogens with one attached hydrogen (secondary N) is 1. The van der Waals surface area contributed by atoms with Gasteiger partial charge in [-0.1, -0.05) is 13.8 Å². The van der Waals surface area contributed by atoms with Crippen molar-refractivity contribution in [2.24, 2.45) is 5.92 Å². The van der Waals surface area contributed by atoms with Crippen molar-refractivity contribution >= 4 is 5.91 Å². The highest BCUT2D eigenvalue weighted by atomic mass is 16.2. The molecule has 0 radical (unpaired) electrons. The summed E-state index contributed by atoms with van der Waals surface area (Å²) in [6, 6.07) is 0.664. The Balaban J connectivity index is 1.59. The summed E-state index contributed by atoms with van der Waals surface area (Å²) in [5.41, 5.74) is 0. The van der Waals surface area contributed by atoms with E-state index in [9.17, 15) is 4.79 Å². The molecule has 4 nitrogen and oxygen atoms in total. The summed E-state index contributed by atoms with van der Waals surface area (Å²) in [4.78, 5) is 16.0. The molecule has 0 bridgehead atoms. The molecule has 0 saturated carbocycles. The first-order chi connectivity index (χ1) is 9.20. The summed E-state index contributed by atoms with van der Waals surface area (Å²) in [5, 5.41) is 3.69. The molecule has 0 aromatic carbocycles. The fourth-order valence-corrected chi connectivity index (χ4v) is 3.32. The van der Waals surface area contributed by atoms with Gasteiger partial charge in [0.1, 0.15) is 0 Å². The number of carbonyl (C=O) groups is 1. The van der Waals surface area contributed by atoms with Crippen LogP contribution in [0.2, 0.25) is 0 Å².